The summed E-state index contributed by atoms with van der Waals surface area (Å²) in [5.41, 5.74) is 5.21. The lowest BCUT2D eigenvalue weighted by Gasteiger charge is -2.19. The zero-order chi connectivity index (χ0) is 12.4. The van der Waals surface area contributed by atoms with E-state index in [0.29, 0.717) is 0 Å². The SMILES string of the molecule is NNc1nc(N2CCCC2)nc2c1CCCCC2. The summed E-state index contributed by atoms with van der Waals surface area (Å²) in [5.74, 6) is 7.33. The summed E-state index contributed by atoms with van der Waals surface area (Å²) < 4.78 is 0. The maximum atomic E-state index is 5.63. The lowest BCUT2D eigenvalue weighted by atomic mass is 10.1. The zero-order valence-electron chi connectivity index (χ0n) is 10.8. The highest BCUT2D eigenvalue weighted by Gasteiger charge is 2.20. The molecule has 1 aromatic heterocycles. The van der Waals surface area contributed by atoms with Gasteiger partial charge in [-0.1, -0.05) is 6.42 Å². The van der Waals surface area contributed by atoms with Gasteiger partial charge in [-0.15, -0.1) is 0 Å². The second kappa shape index (κ2) is 5.10. The van der Waals surface area contributed by atoms with Gasteiger partial charge < -0.3 is 10.3 Å². The topological polar surface area (TPSA) is 67.1 Å². The normalized spacial score (nSPS) is 19.5. The van der Waals surface area contributed by atoms with E-state index in [1.807, 2.05) is 0 Å². The van der Waals surface area contributed by atoms with Crippen LogP contribution in [0.4, 0.5) is 11.8 Å². The van der Waals surface area contributed by atoms with Gasteiger partial charge >= 0.3 is 0 Å². The number of aryl methyl sites for hydroxylation is 1. The van der Waals surface area contributed by atoms with Gasteiger partial charge in [0.25, 0.3) is 0 Å². The van der Waals surface area contributed by atoms with Crippen LogP contribution < -0.4 is 16.2 Å². The molecule has 1 saturated heterocycles. The van der Waals surface area contributed by atoms with Crippen LogP contribution in [0.3, 0.4) is 0 Å². The fraction of sp³-hybridized carbons (Fsp3) is 0.692. The first-order valence-corrected chi connectivity index (χ1v) is 7.00. The van der Waals surface area contributed by atoms with E-state index in [4.69, 9.17) is 10.8 Å². The van der Waals surface area contributed by atoms with E-state index in [1.54, 1.807) is 0 Å². The number of nitrogens with zero attached hydrogens (tertiary/aromatic N) is 3. The first kappa shape index (κ1) is 11.7. The summed E-state index contributed by atoms with van der Waals surface area (Å²) in [6.45, 7) is 2.14. The molecule has 0 amide bonds. The summed E-state index contributed by atoms with van der Waals surface area (Å²) in [6.07, 6.45) is 8.32. The first-order chi connectivity index (χ1) is 8.88. The van der Waals surface area contributed by atoms with Gasteiger partial charge in [-0.05, 0) is 38.5 Å². The predicted octanol–water partition coefficient (Wildman–Crippen LogP) is 1.63. The Labute approximate surface area is 108 Å². The molecule has 1 aliphatic carbocycles. The average Bonchev–Trinajstić information content (AvgIpc) is 2.83. The van der Waals surface area contributed by atoms with Gasteiger partial charge in [0.1, 0.15) is 5.82 Å². The van der Waals surface area contributed by atoms with Crippen molar-refractivity contribution in [2.75, 3.05) is 23.4 Å². The number of nitrogens with one attached hydrogen (secondary N) is 1. The standard InChI is InChI=1S/C13H21N5/c14-17-12-10-6-2-1-3-7-11(10)15-13(16-12)18-8-4-5-9-18/h1-9,14H2,(H,15,16,17). The van der Waals surface area contributed by atoms with Crippen LogP contribution in [0.5, 0.6) is 0 Å². The van der Waals surface area contributed by atoms with Crippen LogP contribution in [0, 0.1) is 0 Å². The second-order valence-corrected chi connectivity index (χ2v) is 5.20. The number of nitrogens with two attached hydrogens (primary N) is 1. The molecule has 0 spiro atoms. The number of anilines is 2. The largest absolute Gasteiger partial charge is 0.341 e. The van der Waals surface area contributed by atoms with E-state index in [1.165, 1.54) is 43.4 Å². The van der Waals surface area contributed by atoms with Crippen molar-refractivity contribution >= 4 is 11.8 Å². The van der Waals surface area contributed by atoms with E-state index in [-0.39, 0.29) is 0 Å². The minimum absolute atomic E-state index is 0.837. The van der Waals surface area contributed by atoms with Crippen molar-refractivity contribution in [3.8, 4) is 0 Å². The summed E-state index contributed by atoms with van der Waals surface area (Å²) in [4.78, 5) is 11.7. The molecule has 18 heavy (non-hydrogen) atoms. The molecule has 1 aromatic rings. The molecule has 5 heteroatoms. The van der Waals surface area contributed by atoms with Gasteiger partial charge in [0.15, 0.2) is 0 Å². The van der Waals surface area contributed by atoms with Crippen LogP contribution in [-0.4, -0.2) is 23.1 Å². The van der Waals surface area contributed by atoms with E-state index in [2.05, 4.69) is 15.3 Å². The van der Waals surface area contributed by atoms with Crippen molar-refractivity contribution < 1.29 is 0 Å². The van der Waals surface area contributed by atoms with Crippen molar-refractivity contribution in [3.63, 3.8) is 0 Å². The molecule has 0 aromatic carbocycles. The lowest BCUT2D eigenvalue weighted by Crippen LogP contribution is -2.23. The predicted molar refractivity (Wildman–Crippen MR) is 72.5 cm³/mol. The Hall–Kier alpha value is -1.36. The fourth-order valence-electron chi connectivity index (χ4n) is 2.94. The number of hydrazine groups is 1. The molecule has 3 N–H and O–H groups in total. The van der Waals surface area contributed by atoms with E-state index in [0.717, 1.165) is 37.7 Å². The third-order valence-electron chi connectivity index (χ3n) is 3.95. The Kier molecular flexibility index (Phi) is 3.32. The molecular weight excluding hydrogens is 226 g/mol. The van der Waals surface area contributed by atoms with Crippen LogP contribution in [0.1, 0.15) is 43.4 Å². The van der Waals surface area contributed by atoms with E-state index < -0.39 is 0 Å². The van der Waals surface area contributed by atoms with Crippen molar-refractivity contribution in [2.24, 2.45) is 5.84 Å². The van der Waals surface area contributed by atoms with Crippen molar-refractivity contribution in [1.29, 1.82) is 0 Å². The lowest BCUT2D eigenvalue weighted by molar-refractivity contribution is 0.708. The van der Waals surface area contributed by atoms with Gasteiger partial charge in [-0.3, -0.25) is 0 Å². The Morgan fingerprint density at radius 2 is 1.72 bits per heavy atom. The van der Waals surface area contributed by atoms with Gasteiger partial charge in [0.05, 0.1) is 5.69 Å². The zero-order valence-corrected chi connectivity index (χ0v) is 10.8. The summed E-state index contributed by atoms with van der Waals surface area (Å²) in [7, 11) is 0. The number of aromatic nitrogens is 2. The molecule has 0 bridgehead atoms. The number of fused-ring (bicyclic) bond motifs is 1. The molecule has 1 aliphatic heterocycles. The van der Waals surface area contributed by atoms with Crippen molar-refractivity contribution in [3.05, 3.63) is 11.3 Å². The van der Waals surface area contributed by atoms with Gasteiger partial charge in [0.2, 0.25) is 5.95 Å². The van der Waals surface area contributed by atoms with E-state index >= 15 is 0 Å². The van der Waals surface area contributed by atoms with Crippen molar-refractivity contribution in [2.45, 2.75) is 44.9 Å². The van der Waals surface area contributed by atoms with Gasteiger partial charge in [0, 0.05) is 18.7 Å². The molecule has 0 atom stereocenters. The minimum atomic E-state index is 0.837. The molecule has 2 aliphatic rings. The van der Waals surface area contributed by atoms with Crippen LogP contribution in [0.15, 0.2) is 0 Å². The summed E-state index contributed by atoms with van der Waals surface area (Å²) >= 11 is 0. The summed E-state index contributed by atoms with van der Waals surface area (Å²) in [6, 6.07) is 0. The highest BCUT2D eigenvalue weighted by molar-refractivity contribution is 5.51. The van der Waals surface area contributed by atoms with Crippen LogP contribution in [0.25, 0.3) is 0 Å². The molecule has 2 heterocycles. The smallest absolute Gasteiger partial charge is 0.227 e. The number of hydrogen-bond acceptors (Lipinski definition) is 5. The van der Waals surface area contributed by atoms with Crippen LogP contribution in [-0.2, 0) is 12.8 Å². The Balaban J connectivity index is 1.98. The number of rotatable bonds is 2. The molecular formula is C13H21N5. The fourth-order valence-corrected chi connectivity index (χ4v) is 2.94. The first-order valence-electron chi connectivity index (χ1n) is 7.00. The molecule has 0 radical (unpaired) electrons. The molecule has 1 fully saturated rings. The minimum Gasteiger partial charge on any atom is -0.341 e. The molecule has 0 saturated carbocycles. The van der Waals surface area contributed by atoms with E-state index in [9.17, 15) is 0 Å². The Morgan fingerprint density at radius 3 is 2.50 bits per heavy atom. The summed E-state index contributed by atoms with van der Waals surface area (Å²) in [5, 5.41) is 0. The van der Waals surface area contributed by atoms with Crippen LogP contribution in [0.2, 0.25) is 0 Å². The maximum absolute atomic E-state index is 5.63. The average molecular weight is 247 g/mol. The highest BCUT2D eigenvalue weighted by Crippen LogP contribution is 2.27. The molecule has 0 unspecified atom stereocenters. The van der Waals surface area contributed by atoms with Crippen molar-refractivity contribution in [1.82, 2.24) is 9.97 Å². The molecule has 3 rings (SSSR count). The quantitative estimate of drug-likeness (QED) is 0.472. The third-order valence-corrected chi connectivity index (χ3v) is 3.95. The molecule has 98 valence electrons. The maximum Gasteiger partial charge on any atom is 0.227 e. The Morgan fingerprint density at radius 1 is 0.944 bits per heavy atom. The monoisotopic (exact) mass is 247 g/mol. The van der Waals surface area contributed by atoms with Gasteiger partial charge in [-0.2, -0.15) is 4.98 Å². The molecule has 5 nitrogen and oxygen atoms in total. The highest BCUT2D eigenvalue weighted by atomic mass is 15.3. The number of hydrogen-bond donors (Lipinski definition) is 2. The number of nitrogen functional groups attached to an aromatic ring is 1. The van der Waals surface area contributed by atoms with Crippen LogP contribution >= 0.6 is 0 Å². The third kappa shape index (κ3) is 2.14. The second-order valence-electron chi connectivity index (χ2n) is 5.20. The Bertz CT molecular complexity index is 426. The van der Waals surface area contributed by atoms with Gasteiger partial charge in [-0.25, -0.2) is 10.8 Å².